The number of nitrogens with two attached hydrogens (primary N) is 1. The van der Waals surface area contributed by atoms with Gasteiger partial charge >= 0.3 is 5.97 Å². The maximum Gasteiger partial charge on any atom is 0.337 e. The van der Waals surface area contributed by atoms with Gasteiger partial charge in [0.1, 0.15) is 0 Å². The van der Waals surface area contributed by atoms with Crippen LogP contribution in [0.15, 0.2) is 18.5 Å². The third kappa shape index (κ3) is 3.73. The number of rotatable bonds is 7. The molecule has 0 aliphatic carbocycles. The number of aromatic carboxylic acids is 1. The largest absolute Gasteiger partial charge is 0.478 e. The lowest BCUT2D eigenvalue weighted by Crippen LogP contribution is -2.35. The van der Waals surface area contributed by atoms with Crippen molar-refractivity contribution < 1.29 is 14.7 Å². The van der Waals surface area contributed by atoms with E-state index in [1.54, 1.807) is 4.90 Å². The van der Waals surface area contributed by atoms with Gasteiger partial charge in [-0.2, -0.15) is 0 Å². The SMILES string of the molecule is CCCCN(CC(N)=O)c1cnccc1C(=O)O. The first-order valence-electron chi connectivity index (χ1n) is 5.76. The summed E-state index contributed by atoms with van der Waals surface area (Å²) in [5.41, 5.74) is 5.74. The fourth-order valence-corrected chi connectivity index (χ4v) is 1.64. The van der Waals surface area contributed by atoms with E-state index in [1.165, 1.54) is 18.5 Å². The lowest BCUT2D eigenvalue weighted by Gasteiger charge is -2.24. The minimum absolute atomic E-state index is 0.00796. The van der Waals surface area contributed by atoms with Gasteiger partial charge in [-0.15, -0.1) is 0 Å². The van der Waals surface area contributed by atoms with E-state index in [-0.39, 0.29) is 12.1 Å². The molecule has 18 heavy (non-hydrogen) atoms. The maximum atomic E-state index is 11.1. The second-order valence-corrected chi connectivity index (χ2v) is 3.94. The van der Waals surface area contributed by atoms with E-state index in [9.17, 15) is 9.59 Å². The molecule has 3 N–H and O–H groups in total. The van der Waals surface area contributed by atoms with Gasteiger partial charge in [-0.3, -0.25) is 9.78 Å². The van der Waals surface area contributed by atoms with Crippen LogP contribution >= 0.6 is 0 Å². The number of anilines is 1. The Labute approximate surface area is 105 Å². The second-order valence-electron chi connectivity index (χ2n) is 3.94. The molecule has 0 aromatic carbocycles. The summed E-state index contributed by atoms with van der Waals surface area (Å²) in [4.78, 5) is 27.7. The van der Waals surface area contributed by atoms with Gasteiger partial charge in [0, 0.05) is 12.7 Å². The molecule has 0 spiro atoms. The molecular weight excluding hydrogens is 234 g/mol. The Morgan fingerprint density at radius 3 is 2.78 bits per heavy atom. The number of carbonyl (C=O) groups excluding carboxylic acids is 1. The molecule has 0 bridgehead atoms. The van der Waals surface area contributed by atoms with E-state index in [4.69, 9.17) is 10.8 Å². The maximum absolute atomic E-state index is 11.1. The quantitative estimate of drug-likeness (QED) is 0.749. The second kappa shape index (κ2) is 6.58. The smallest absolute Gasteiger partial charge is 0.337 e. The first-order chi connectivity index (χ1) is 8.56. The molecule has 0 atom stereocenters. The molecule has 0 aliphatic heterocycles. The molecule has 0 radical (unpaired) electrons. The highest BCUT2D eigenvalue weighted by Gasteiger charge is 2.17. The normalized spacial score (nSPS) is 10.1. The van der Waals surface area contributed by atoms with Crippen molar-refractivity contribution in [3.8, 4) is 0 Å². The van der Waals surface area contributed by atoms with Crippen molar-refractivity contribution in [1.82, 2.24) is 4.98 Å². The molecule has 0 saturated carbocycles. The first-order valence-corrected chi connectivity index (χ1v) is 5.76. The molecule has 1 amide bonds. The third-order valence-electron chi connectivity index (χ3n) is 2.50. The molecule has 6 heteroatoms. The number of carbonyl (C=O) groups is 2. The minimum atomic E-state index is -1.04. The lowest BCUT2D eigenvalue weighted by atomic mass is 10.2. The summed E-state index contributed by atoms with van der Waals surface area (Å²) in [6.07, 6.45) is 4.65. The van der Waals surface area contributed by atoms with Crippen LogP contribution in [0.2, 0.25) is 0 Å². The van der Waals surface area contributed by atoms with Crippen LogP contribution in [0.5, 0.6) is 0 Å². The molecule has 0 saturated heterocycles. The van der Waals surface area contributed by atoms with E-state index in [2.05, 4.69) is 4.98 Å². The Kier molecular flexibility index (Phi) is 5.10. The van der Waals surface area contributed by atoms with Gasteiger partial charge in [0.2, 0.25) is 5.91 Å². The molecule has 0 aliphatic rings. The van der Waals surface area contributed by atoms with Gasteiger partial charge < -0.3 is 15.7 Å². The number of hydrogen-bond donors (Lipinski definition) is 2. The van der Waals surface area contributed by atoms with Crippen molar-refractivity contribution in [1.29, 1.82) is 0 Å². The number of carboxylic acids is 1. The first kappa shape index (κ1) is 14.0. The van der Waals surface area contributed by atoms with Crippen molar-refractivity contribution in [3.63, 3.8) is 0 Å². The van der Waals surface area contributed by atoms with Crippen LogP contribution in [0.25, 0.3) is 0 Å². The van der Waals surface area contributed by atoms with Crippen LogP contribution in [0.3, 0.4) is 0 Å². The van der Waals surface area contributed by atoms with Gasteiger partial charge in [-0.05, 0) is 12.5 Å². The Morgan fingerprint density at radius 1 is 1.50 bits per heavy atom. The van der Waals surface area contributed by atoms with Crippen molar-refractivity contribution in [3.05, 3.63) is 24.0 Å². The highest BCUT2D eigenvalue weighted by Crippen LogP contribution is 2.19. The van der Waals surface area contributed by atoms with Gasteiger partial charge in [-0.25, -0.2) is 4.79 Å². The zero-order valence-electron chi connectivity index (χ0n) is 10.3. The van der Waals surface area contributed by atoms with Crippen LogP contribution in [0.1, 0.15) is 30.1 Å². The summed E-state index contributed by atoms with van der Waals surface area (Å²) in [6.45, 7) is 2.58. The van der Waals surface area contributed by atoms with Crippen LogP contribution in [-0.4, -0.2) is 35.1 Å². The summed E-state index contributed by atoms with van der Waals surface area (Å²) in [6, 6.07) is 1.41. The fourth-order valence-electron chi connectivity index (χ4n) is 1.64. The Morgan fingerprint density at radius 2 is 2.22 bits per heavy atom. The summed E-state index contributed by atoms with van der Waals surface area (Å²) in [5.74, 6) is -1.54. The van der Waals surface area contributed by atoms with E-state index in [0.717, 1.165) is 12.8 Å². The zero-order chi connectivity index (χ0) is 13.5. The highest BCUT2D eigenvalue weighted by atomic mass is 16.4. The Balaban J connectivity index is 3.03. The van der Waals surface area contributed by atoms with E-state index in [1.807, 2.05) is 6.92 Å². The number of pyridine rings is 1. The van der Waals surface area contributed by atoms with Gasteiger partial charge in [0.25, 0.3) is 0 Å². The molecule has 1 rings (SSSR count). The number of hydrogen-bond acceptors (Lipinski definition) is 4. The average Bonchev–Trinajstić information content (AvgIpc) is 2.34. The molecule has 1 aromatic rings. The fraction of sp³-hybridized carbons (Fsp3) is 0.417. The van der Waals surface area contributed by atoms with E-state index < -0.39 is 11.9 Å². The average molecular weight is 251 g/mol. The molecular formula is C12H17N3O3. The van der Waals surface area contributed by atoms with Gasteiger partial charge in [-0.1, -0.05) is 13.3 Å². The standard InChI is InChI=1S/C12H17N3O3/c1-2-3-6-15(8-11(13)16)10-7-14-5-4-9(10)12(17)18/h4-5,7H,2-3,6,8H2,1H3,(H2,13,16)(H,17,18). The molecule has 1 heterocycles. The molecule has 0 unspecified atom stereocenters. The molecule has 0 fully saturated rings. The Hall–Kier alpha value is -2.11. The highest BCUT2D eigenvalue weighted by molar-refractivity contribution is 5.95. The molecule has 98 valence electrons. The topological polar surface area (TPSA) is 96.5 Å². The zero-order valence-corrected chi connectivity index (χ0v) is 10.3. The minimum Gasteiger partial charge on any atom is -0.478 e. The number of amides is 1. The number of aromatic nitrogens is 1. The van der Waals surface area contributed by atoms with E-state index in [0.29, 0.717) is 12.2 Å². The van der Waals surface area contributed by atoms with Crippen LogP contribution in [0.4, 0.5) is 5.69 Å². The number of nitrogens with zero attached hydrogens (tertiary/aromatic N) is 2. The molecule has 1 aromatic heterocycles. The lowest BCUT2D eigenvalue weighted by molar-refractivity contribution is -0.116. The summed E-state index contributed by atoms with van der Waals surface area (Å²) in [5, 5.41) is 9.10. The predicted molar refractivity (Wildman–Crippen MR) is 67.5 cm³/mol. The van der Waals surface area contributed by atoms with Gasteiger partial charge in [0.15, 0.2) is 0 Å². The van der Waals surface area contributed by atoms with Crippen molar-refractivity contribution >= 4 is 17.6 Å². The Bertz CT molecular complexity index is 434. The van der Waals surface area contributed by atoms with Crippen LogP contribution in [0, 0.1) is 0 Å². The van der Waals surface area contributed by atoms with Crippen molar-refractivity contribution in [2.24, 2.45) is 5.73 Å². The summed E-state index contributed by atoms with van der Waals surface area (Å²) in [7, 11) is 0. The van der Waals surface area contributed by atoms with E-state index >= 15 is 0 Å². The summed E-state index contributed by atoms with van der Waals surface area (Å²) < 4.78 is 0. The monoisotopic (exact) mass is 251 g/mol. The molecule has 6 nitrogen and oxygen atoms in total. The number of primary amides is 1. The van der Waals surface area contributed by atoms with Crippen LogP contribution in [-0.2, 0) is 4.79 Å². The number of unbranched alkanes of at least 4 members (excludes halogenated alkanes) is 1. The predicted octanol–water partition coefficient (Wildman–Crippen LogP) is 0.872. The summed E-state index contributed by atoms with van der Waals surface area (Å²) >= 11 is 0. The van der Waals surface area contributed by atoms with Gasteiger partial charge in [0.05, 0.1) is 24.0 Å². The van der Waals surface area contributed by atoms with Crippen LogP contribution < -0.4 is 10.6 Å². The van der Waals surface area contributed by atoms with Crippen molar-refractivity contribution in [2.45, 2.75) is 19.8 Å². The van der Waals surface area contributed by atoms with Crippen molar-refractivity contribution in [2.75, 3.05) is 18.0 Å². The third-order valence-corrected chi connectivity index (χ3v) is 2.50. The number of carboxylic acid groups (broad SMARTS) is 1.